The van der Waals surface area contributed by atoms with Crippen molar-refractivity contribution in [3.05, 3.63) is 81.5 Å². The average Bonchev–Trinajstić information content (AvgIpc) is 3.75. The number of thiophene rings is 2. The standard InChI is InChI=1S/C16H12F3N3O2S.C12H5ClF3N3S/c17-16(18,19)13-6-10-7-21-15(22-14(10)25-13)20-4-3-9-1-2-11-12(5-9)24-8-23-11;13-9-7-5-8(12(14,15)16)20-11(7)19-10(18-9)6-1-3-17-4-2-6/h1-2,5-7H,3-4,8H2,(H,20,21,22);1-5H. The summed E-state index contributed by atoms with van der Waals surface area (Å²) in [5.41, 5.74) is 1.69. The van der Waals surface area contributed by atoms with Gasteiger partial charge in [-0.15, -0.1) is 22.7 Å². The van der Waals surface area contributed by atoms with Crippen LogP contribution in [0.25, 0.3) is 31.8 Å². The molecular formula is C28H17ClF6N6O2S2. The molecule has 0 bridgehead atoms. The molecule has 232 valence electrons. The minimum atomic E-state index is -4.41. The van der Waals surface area contributed by atoms with Crippen LogP contribution in [0.1, 0.15) is 15.3 Å². The molecule has 6 aromatic rings. The van der Waals surface area contributed by atoms with Gasteiger partial charge >= 0.3 is 12.4 Å². The Bertz CT molecular complexity index is 1980. The maximum atomic E-state index is 12.7. The third-order valence-electron chi connectivity index (χ3n) is 6.25. The smallest absolute Gasteiger partial charge is 0.425 e. The number of ether oxygens (including phenoxy) is 2. The fourth-order valence-corrected chi connectivity index (χ4v) is 6.18. The van der Waals surface area contributed by atoms with E-state index in [9.17, 15) is 26.3 Å². The normalized spacial score (nSPS) is 12.8. The molecule has 1 aromatic carbocycles. The number of alkyl halides is 6. The molecule has 1 aliphatic heterocycles. The summed E-state index contributed by atoms with van der Waals surface area (Å²) >= 11 is 7.11. The maximum Gasteiger partial charge on any atom is 0.425 e. The number of hydrogen-bond donors (Lipinski definition) is 1. The molecule has 7 rings (SSSR count). The van der Waals surface area contributed by atoms with Gasteiger partial charge in [0.25, 0.3) is 0 Å². The first-order valence-electron chi connectivity index (χ1n) is 12.8. The van der Waals surface area contributed by atoms with Crippen molar-refractivity contribution in [3.63, 3.8) is 0 Å². The molecule has 45 heavy (non-hydrogen) atoms. The van der Waals surface area contributed by atoms with Crippen molar-refractivity contribution < 1.29 is 35.8 Å². The maximum absolute atomic E-state index is 12.7. The van der Waals surface area contributed by atoms with Crippen LogP contribution in [0.5, 0.6) is 11.5 Å². The lowest BCUT2D eigenvalue weighted by Crippen LogP contribution is -2.07. The Kier molecular flexibility index (Phi) is 8.37. The van der Waals surface area contributed by atoms with Gasteiger partial charge in [-0.3, -0.25) is 4.98 Å². The molecule has 1 aliphatic rings. The molecule has 0 amide bonds. The summed E-state index contributed by atoms with van der Waals surface area (Å²) in [6.07, 6.45) is -3.59. The number of benzene rings is 1. The van der Waals surface area contributed by atoms with Crippen LogP contribution < -0.4 is 14.8 Å². The number of nitrogens with zero attached hydrogens (tertiary/aromatic N) is 5. The van der Waals surface area contributed by atoms with Crippen LogP contribution in [-0.4, -0.2) is 38.3 Å². The van der Waals surface area contributed by atoms with Gasteiger partial charge in [-0.05, 0) is 48.4 Å². The van der Waals surface area contributed by atoms with E-state index < -0.39 is 22.1 Å². The minimum Gasteiger partial charge on any atom is -0.454 e. The van der Waals surface area contributed by atoms with Crippen molar-refractivity contribution >= 4 is 60.7 Å². The van der Waals surface area contributed by atoms with Gasteiger partial charge < -0.3 is 14.8 Å². The number of hydrogen-bond acceptors (Lipinski definition) is 10. The summed E-state index contributed by atoms with van der Waals surface area (Å²) < 4.78 is 86.9. The van der Waals surface area contributed by atoms with Crippen LogP contribution in [0, 0.1) is 0 Å². The molecule has 5 aromatic heterocycles. The second kappa shape index (κ2) is 12.3. The lowest BCUT2D eigenvalue weighted by atomic mass is 10.1. The molecular weight excluding hydrogens is 666 g/mol. The fraction of sp³-hybridized carbons (Fsp3) is 0.179. The summed E-state index contributed by atoms with van der Waals surface area (Å²) in [6, 6.07) is 11.1. The van der Waals surface area contributed by atoms with Crippen LogP contribution in [0.3, 0.4) is 0 Å². The van der Waals surface area contributed by atoms with Crippen molar-refractivity contribution in [3.8, 4) is 22.9 Å². The van der Waals surface area contributed by atoms with Crippen molar-refractivity contribution in [2.75, 3.05) is 18.7 Å². The quantitative estimate of drug-likeness (QED) is 0.143. The van der Waals surface area contributed by atoms with Gasteiger partial charge in [-0.1, -0.05) is 17.7 Å². The Hall–Kier alpha value is -4.28. The molecule has 0 aliphatic carbocycles. The molecule has 17 heteroatoms. The second-order valence-electron chi connectivity index (χ2n) is 9.33. The zero-order valence-electron chi connectivity index (χ0n) is 22.4. The topological polar surface area (TPSA) is 94.9 Å². The van der Waals surface area contributed by atoms with Gasteiger partial charge in [0.15, 0.2) is 17.3 Å². The van der Waals surface area contributed by atoms with Crippen LogP contribution in [0.4, 0.5) is 32.3 Å². The largest absolute Gasteiger partial charge is 0.454 e. The van der Waals surface area contributed by atoms with E-state index in [0.717, 1.165) is 23.4 Å². The first-order valence-corrected chi connectivity index (χ1v) is 14.9. The SMILES string of the molecule is FC(F)(F)c1cc2c(Cl)nc(-c3ccncc3)nc2s1.FC(F)(F)c1cc2cnc(NCCc3ccc4c(c3)OCO4)nc2s1. The molecule has 0 fully saturated rings. The van der Waals surface area contributed by atoms with Gasteiger partial charge in [0.05, 0.1) is 0 Å². The number of aromatic nitrogens is 5. The predicted molar refractivity (Wildman–Crippen MR) is 158 cm³/mol. The molecule has 1 N–H and O–H groups in total. The highest BCUT2D eigenvalue weighted by molar-refractivity contribution is 7.19. The number of pyridine rings is 1. The number of anilines is 1. The van der Waals surface area contributed by atoms with Crippen LogP contribution in [-0.2, 0) is 18.8 Å². The van der Waals surface area contributed by atoms with Gasteiger partial charge in [0.1, 0.15) is 24.6 Å². The fourth-order valence-electron chi connectivity index (χ4n) is 4.13. The Morgan fingerprint density at radius 1 is 0.822 bits per heavy atom. The Morgan fingerprint density at radius 3 is 2.29 bits per heavy atom. The van der Waals surface area contributed by atoms with Gasteiger partial charge in [-0.25, -0.2) is 19.9 Å². The lowest BCUT2D eigenvalue weighted by molar-refractivity contribution is -0.135. The second-order valence-corrected chi connectivity index (χ2v) is 11.7. The van der Waals surface area contributed by atoms with E-state index in [-0.39, 0.29) is 28.0 Å². The van der Waals surface area contributed by atoms with Gasteiger partial charge in [-0.2, -0.15) is 26.3 Å². The van der Waals surface area contributed by atoms with Crippen molar-refractivity contribution in [1.29, 1.82) is 0 Å². The zero-order valence-corrected chi connectivity index (χ0v) is 24.8. The third-order valence-corrected chi connectivity index (χ3v) is 8.70. The lowest BCUT2D eigenvalue weighted by Gasteiger charge is -2.05. The number of halogens is 7. The summed E-state index contributed by atoms with van der Waals surface area (Å²) in [6.45, 7) is 0.772. The molecule has 0 spiro atoms. The molecule has 8 nitrogen and oxygen atoms in total. The molecule has 0 saturated carbocycles. The van der Waals surface area contributed by atoms with Gasteiger partial charge in [0, 0.05) is 41.5 Å². The number of fused-ring (bicyclic) bond motifs is 3. The van der Waals surface area contributed by atoms with E-state index in [1.807, 2.05) is 18.2 Å². The third kappa shape index (κ3) is 7.02. The summed E-state index contributed by atoms with van der Waals surface area (Å²) in [5.74, 6) is 2.03. The van der Waals surface area contributed by atoms with Gasteiger partial charge in [0.2, 0.25) is 12.7 Å². The predicted octanol–water partition coefficient (Wildman–Crippen LogP) is 8.52. The van der Waals surface area contributed by atoms with Crippen molar-refractivity contribution in [2.45, 2.75) is 18.8 Å². The van der Waals surface area contributed by atoms with Crippen molar-refractivity contribution in [1.82, 2.24) is 24.9 Å². The monoisotopic (exact) mass is 682 g/mol. The molecule has 6 heterocycles. The average molecular weight is 683 g/mol. The Labute approximate surface area is 262 Å². The molecule has 0 radical (unpaired) electrons. The van der Waals surface area contributed by atoms with Crippen LogP contribution in [0.2, 0.25) is 5.15 Å². The Morgan fingerprint density at radius 2 is 1.53 bits per heavy atom. The van der Waals surface area contributed by atoms with Crippen LogP contribution >= 0.6 is 34.3 Å². The molecule has 0 atom stereocenters. The first-order chi connectivity index (χ1) is 21.4. The Balaban J connectivity index is 0.000000163. The first kappa shape index (κ1) is 30.7. The molecule has 0 saturated heterocycles. The number of rotatable bonds is 5. The zero-order chi connectivity index (χ0) is 31.8. The van der Waals surface area contributed by atoms with Crippen LogP contribution in [0.15, 0.2) is 61.1 Å². The number of nitrogens with one attached hydrogen (secondary N) is 1. The van der Waals surface area contributed by atoms with E-state index in [4.69, 9.17) is 21.1 Å². The molecule has 0 unspecified atom stereocenters. The van der Waals surface area contributed by atoms with E-state index in [1.54, 1.807) is 24.5 Å². The van der Waals surface area contributed by atoms with E-state index in [2.05, 4.69) is 30.2 Å². The van der Waals surface area contributed by atoms with Crippen molar-refractivity contribution in [2.24, 2.45) is 0 Å². The summed E-state index contributed by atoms with van der Waals surface area (Å²) in [7, 11) is 0. The van der Waals surface area contributed by atoms with E-state index in [1.165, 1.54) is 6.20 Å². The highest BCUT2D eigenvalue weighted by Gasteiger charge is 2.34. The highest BCUT2D eigenvalue weighted by Crippen LogP contribution is 2.40. The van der Waals surface area contributed by atoms with E-state index in [0.29, 0.717) is 63.1 Å². The summed E-state index contributed by atoms with van der Waals surface area (Å²) in [4.78, 5) is 19.4. The highest BCUT2D eigenvalue weighted by atomic mass is 35.5. The summed E-state index contributed by atoms with van der Waals surface area (Å²) in [5, 5.41) is 3.64. The minimum absolute atomic E-state index is 0.00793. The van der Waals surface area contributed by atoms with E-state index >= 15 is 0 Å².